The van der Waals surface area contributed by atoms with Crippen LogP contribution in [0.1, 0.15) is 129 Å². The van der Waals surface area contributed by atoms with Crippen molar-refractivity contribution in [3.63, 3.8) is 0 Å². The average molecular weight is 421 g/mol. The van der Waals surface area contributed by atoms with E-state index in [1.165, 1.54) is 33.4 Å². The fraction of sp³-hybridized carbons (Fsp3) is 0.613. The molecule has 0 amide bonds. The van der Waals surface area contributed by atoms with Crippen LogP contribution in [0.15, 0.2) is 36.4 Å². The monoisotopic (exact) mass is 420 g/mol. The zero-order valence-corrected chi connectivity index (χ0v) is 22.7. The van der Waals surface area contributed by atoms with Crippen molar-refractivity contribution in [1.82, 2.24) is 0 Å². The highest BCUT2D eigenvalue weighted by Crippen LogP contribution is 2.38. The zero-order chi connectivity index (χ0) is 24.0. The van der Waals surface area contributed by atoms with E-state index in [1.54, 1.807) is 0 Å². The van der Waals surface area contributed by atoms with Gasteiger partial charge in [0.1, 0.15) is 0 Å². The number of hydrogen-bond donors (Lipinski definition) is 0. The standard InChI is InChI=1S/C31H48/c1-21(22-14-16-26(30(8,9)10)27(20-22)31(11,12)13)18-23-19-24(28(2,3)4)15-17-25(23)29(5,6)7/h14-17,19-21H,18H2,1-13H3. The van der Waals surface area contributed by atoms with Gasteiger partial charge in [-0.25, -0.2) is 0 Å². The van der Waals surface area contributed by atoms with Crippen LogP contribution in [0.5, 0.6) is 0 Å². The van der Waals surface area contributed by atoms with Gasteiger partial charge in [0.2, 0.25) is 0 Å². The maximum absolute atomic E-state index is 2.50. The quantitative estimate of drug-likeness (QED) is 0.464. The van der Waals surface area contributed by atoms with Crippen LogP contribution in [0, 0.1) is 0 Å². The first-order valence-corrected chi connectivity index (χ1v) is 12.1. The van der Waals surface area contributed by atoms with Crippen molar-refractivity contribution in [3.05, 3.63) is 69.8 Å². The lowest BCUT2D eigenvalue weighted by molar-refractivity contribution is 0.528. The molecule has 0 aliphatic heterocycles. The van der Waals surface area contributed by atoms with Gasteiger partial charge in [0.25, 0.3) is 0 Å². The summed E-state index contributed by atoms with van der Waals surface area (Å²) in [6, 6.07) is 14.5. The Morgan fingerprint density at radius 2 is 1.03 bits per heavy atom. The molecule has 0 N–H and O–H groups in total. The van der Waals surface area contributed by atoms with Gasteiger partial charge in [-0.05, 0) is 67.4 Å². The second kappa shape index (κ2) is 8.42. The SMILES string of the molecule is CC(Cc1cc(C(C)(C)C)ccc1C(C)(C)C)c1ccc(C(C)(C)C)c(C(C)(C)C)c1. The first kappa shape index (κ1) is 25.7. The Labute approximate surface area is 193 Å². The fourth-order valence-corrected chi connectivity index (χ4v) is 4.55. The number of rotatable bonds is 3. The van der Waals surface area contributed by atoms with Crippen molar-refractivity contribution < 1.29 is 0 Å². The van der Waals surface area contributed by atoms with E-state index in [2.05, 4.69) is 126 Å². The van der Waals surface area contributed by atoms with Gasteiger partial charge in [-0.2, -0.15) is 0 Å². The lowest BCUT2D eigenvalue weighted by Gasteiger charge is -2.32. The molecule has 2 rings (SSSR count). The Kier molecular flexibility index (Phi) is 6.98. The minimum Gasteiger partial charge on any atom is -0.0584 e. The van der Waals surface area contributed by atoms with E-state index in [4.69, 9.17) is 0 Å². The zero-order valence-electron chi connectivity index (χ0n) is 22.7. The molecule has 172 valence electrons. The number of hydrogen-bond acceptors (Lipinski definition) is 0. The molecule has 31 heavy (non-hydrogen) atoms. The van der Waals surface area contributed by atoms with Crippen LogP contribution in [0.2, 0.25) is 0 Å². The van der Waals surface area contributed by atoms with Crippen molar-refractivity contribution in [1.29, 1.82) is 0 Å². The molecule has 0 aliphatic carbocycles. The van der Waals surface area contributed by atoms with E-state index < -0.39 is 0 Å². The Hall–Kier alpha value is -1.56. The molecule has 0 radical (unpaired) electrons. The van der Waals surface area contributed by atoms with Gasteiger partial charge in [0, 0.05) is 0 Å². The third kappa shape index (κ3) is 6.24. The Balaban J connectivity index is 2.53. The Morgan fingerprint density at radius 3 is 1.48 bits per heavy atom. The van der Waals surface area contributed by atoms with Gasteiger partial charge in [0.15, 0.2) is 0 Å². The van der Waals surface area contributed by atoms with Crippen molar-refractivity contribution >= 4 is 0 Å². The molecule has 0 aliphatic rings. The predicted octanol–water partition coefficient (Wildman–Crippen LogP) is 9.22. The number of benzene rings is 2. The molecular weight excluding hydrogens is 372 g/mol. The second-order valence-electron chi connectivity index (χ2n) is 13.8. The third-order valence-electron chi connectivity index (χ3n) is 6.53. The van der Waals surface area contributed by atoms with Gasteiger partial charge >= 0.3 is 0 Å². The molecule has 0 heteroatoms. The van der Waals surface area contributed by atoms with Crippen molar-refractivity contribution in [2.75, 3.05) is 0 Å². The smallest absolute Gasteiger partial charge is 0.0129 e. The molecule has 2 aromatic carbocycles. The van der Waals surface area contributed by atoms with E-state index in [1.807, 2.05) is 0 Å². The minimum absolute atomic E-state index is 0.140. The first-order valence-electron chi connectivity index (χ1n) is 12.1. The topological polar surface area (TPSA) is 0 Å². The molecular formula is C31H48. The normalized spacial score (nSPS) is 14.6. The molecule has 0 spiro atoms. The molecule has 0 bridgehead atoms. The lowest BCUT2D eigenvalue weighted by Crippen LogP contribution is -2.22. The molecule has 0 fully saturated rings. The van der Waals surface area contributed by atoms with Gasteiger partial charge in [-0.3, -0.25) is 0 Å². The highest BCUT2D eigenvalue weighted by atomic mass is 14.3. The lowest BCUT2D eigenvalue weighted by atomic mass is 9.73. The summed E-state index contributed by atoms with van der Waals surface area (Å²) in [5, 5.41) is 0. The van der Waals surface area contributed by atoms with Gasteiger partial charge in [-0.1, -0.05) is 126 Å². The van der Waals surface area contributed by atoms with Crippen LogP contribution in [-0.2, 0) is 28.1 Å². The molecule has 0 nitrogen and oxygen atoms in total. The maximum Gasteiger partial charge on any atom is -0.0129 e. The van der Waals surface area contributed by atoms with E-state index >= 15 is 0 Å². The average Bonchev–Trinajstić information content (AvgIpc) is 2.57. The van der Waals surface area contributed by atoms with E-state index in [9.17, 15) is 0 Å². The highest BCUT2D eigenvalue weighted by Gasteiger charge is 2.27. The summed E-state index contributed by atoms with van der Waals surface area (Å²) in [5.74, 6) is 0.478. The van der Waals surface area contributed by atoms with Crippen molar-refractivity contribution in [2.45, 2.75) is 124 Å². The highest BCUT2D eigenvalue weighted by molar-refractivity contribution is 5.44. The van der Waals surface area contributed by atoms with Crippen LogP contribution >= 0.6 is 0 Å². The largest absolute Gasteiger partial charge is 0.0584 e. The van der Waals surface area contributed by atoms with Crippen LogP contribution in [0.4, 0.5) is 0 Å². The van der Waals surface area contributed by atoms with Gasteiger partial charge in [-0.15, -0.1) is 0 Å². The van der Waals surface area contributed by atoms with E-state index in [0.29, 0.717) is 5.92 Å². The molecule has 0 aromatic heterocycles. The van der Waals surface area contributed by atoms with Gasteiger partial charge in [0.05, 0.1) is 0 Å². The Bertz CT molecular complexity index is 899. The Morgan fingerprint density at radius 1 is 0.548 bits per heavy atom. The molecule has 1 unspecified atom stereocenters. The molecule has 0 heterocycles. The molecule has 0 saturated carbocycles. The second-order valence-corrected chi connectivity index (χ2v) is 13.8. The molecule has 2 aromatic rings. The summed E-state index contributed by atoms with van der Waals surface area (Å²) < 4.78 is 0. The van der Waals surface area contributed by atoms with Crippen molar-refractivity contribution in [3.8, 4) is 0 Å². The summed E-state index contributed by atoms with van der Waals surface area (Å²) in [4.78, 5) is 0. The van der Waals surface area contributed by atoms with Crippen LogP contribution in [0.25, 0.3) is 0 Å². The first-order chi connectivity index (χ1) is 13.8. The summed E-state index contributed by atoms with van der Waals surface area (Å²) in [5.41, 5.74) is 9.45. The summed E-state index contributed by atoms with van der Waals surface area (Å²) in [6.07, 6.45) is 1.08. The van der Waals surface area contributed by atoms with Crippen LogP contribution in [0.3, 0.4) is 0 Å². The summed E-state index contributed by atoms with van der Waals surface area (Å²) in [7, 11) is 0. The van der Waals surface area contributed by atoms with Gasteiger partial charge < -0.3 is 0 Å². The third-order valence-corrected chi connectivity index (χ3v) is 6.53. The van der Waals surface area contributed by atoms with Crippen LogP contribution in [-0.4, -0.2) is 0 Å². The van der Waals surface area contributed by atoms with E-state index in [0.717, 1.165) is 6.42 Å². The predicted molar refractivity (Wildman–Crippen MR) is 140 cm³/mol. The summed E-state index contributed by atoms with van der Waals surface area (Å²) >= 11 is 0. The van der Waals surface area contributed by atoms with Crippen LogP contribution < -0.4 is 0 Å². The summed E-state index contributed by atoms with van der Waals surface area (Å²) in [6.45, 7) is 30.4. The fourth-order valence-electron chi connectivity index (χ4n) is 4.55. The molecule has 0 saturated heterocycles. The maximum atomic E-state index is 2.50. The minimum atomic E-state index is 0.140. The van der Waals surface area contributed by atoms with Crippen molar-refractivity contribution in [2.24, 2.45) is 0 Å². The molecule has 1 atom stereocenters. The van der Waals surface area contributed by atoms with E-state index in [-0.39, 0.29) is 21.7 Å².